The van der Waals surface area contributed by atoms with Crippen LogP contribution < -0.4 is 15.8 Å². The predicted molar refractivity (Wildman–Crippen MR) is 87.6 cm³/mol. The first-order valence-electron chi connectivity index (χ1n) is 7.09. The van der Waals surface area contributed by atoms with Gasteiger partial charge in [0.1, 0.15) is 11.5 Å². The highest BCUT2D eigenvalue weighted by molar-refractivity contribution is 5.35. The second kappa shape index (κ2) is 7.62. The third-order valence-electron chi connectivity index (χ3n) is 3.13. The normalized spacial score (nSPS) is 11.9. The van der Waals surface area contributed by atoms with E-state index in [1.807, 2.05) is 55.5 Å². The Labute approximate surface area is 126 Å². The van der Waals surface area contributed by atoms with E-state index in [-0.39, 0.29) is 6.04 Å². The van der Waals surface area contributed by atoms with Crippen LogP contribution in [0.4, 0.5) is 0 Å². The maximum absolute atomic E-state index is 5.86. The molecular formula is C18H22N2O. The minimum atomic E-state index is 0.0982. The summed E-state index contributed by atoms with van der Waals surface area (Å²) in [6, 6.07) is 17.9. The zero-order valence-corrected chi connectivity index (χ0v) is 12.4. The van der Waals surface area contributed by atoms with Crippen LogP contribution in [0.3, 0.4) is 0 Å². The van der Waals surface area contributed by atoms with Crippen molar-refractivity contribution in [3.05, 3.63) is 72.3 Å². The van der Waals surface area contributed by atoms with Crippen molar-refractivity contribution in [2.75, 3.05) is 13.1 Å². The van der Waals surface area contributed by atoms with Gasteiger partial charge in [-0.25, -0.2) is 0 Å². The van der Waals surface area contributed by atoms with Crippen LogP contribution in [0.1, 0.15) is 18.5 Å². The lowest BCUT2D eigenvalue weighted by molar-refractivity contribution is 0.479. The number of ether oxygens (including phenoxy) is 1. The Morgan fingerprint density at radius 2 is 1.86 bits per heavy atom. The molecule has 3 nitrogen and oxygen atoms in total. The molecule has 2 aromatic rings. The van der Waals surface area contributed by atoms with E-state index in [0.717, 1.165) is 29.2 Å². The van der Waals surface area contributed by atoms with Crippen molar-refractivity contribution in [3.8, 4) is 11.5 Å². The van der Waals surface area contributed by atoms with Crippen molar-refractivity contribution >= 4 is 0 Å². The number of benzene rings is 2. The molecule has 2 aromatic carbocycles. The molecule has 2 rings (SSSR count). The van der Waals surface area contributed by atoms with Gasteiger partial charge in [0.05, 0.1) is 0 Å². The quantitative estimate of drug-likeness (QED) is 0.762. The first-order chi connectivity index (χ1) is 10.2. The molecule has 0 fully saturated rings. The van der Waals surface area contributed by atoms with Crippen molar-refractivity contribution in [1.29, 1.82) is 0 Å². The number of nitrogens with two attached hydrogens (primary N) is 1. The second-order valence-electron chi connectivity index (χ2n) is 5.11. The van der Waals surface area contributed by atoms with Gasteiger partial charge in [-0.05, 0) is 36.8 Å². The molecule has 1 atom stereocenters. The fraction of sp³-hybridized carbons (Fsp3) is 0.222. The molecule has 0 aliphatic heterocycles. The summed E-state index contributed by atoms with van der Waals surface area (Å²) in [4.78, 5) is 0. The number of hydrogen-bond donors (Lipinski definition) is 2. The molecule has 0 saturated carbocycles. The molecule has 0 radical (unpaired) electrons. The topological polar surface area (TPSA) is 47.3 Å². The van der Waals surface area contributed by atoms with Gasteiger partial charge in [0.2, 0.25) is 0 Å². The summed E-state index contributed by atoms with van der Waals surface area (Å²) in [5.74, 6) is 1.64. The fourth-order valence-corrected chi connectivity index (χ4v) is 2.05. The van der Waals surface area contributed by atoms with E-state index >= 15 is 0 Å². The summed E-state index contributed by atoms with van der Waals surface area (Å²) < 4.78 is 5.85. The Morgan fingerprint density at radius 1 is 1.14 bits per heavy atom. The summed E-state index contributed by atoms with van der Waals surface area (Å²) in [7, 11) is 0. The standard InChI is InChI=1S/C18H22N2O/c1-14(2)13-20-18(12-19)15-7-6-10-17(11-15)21-16-8-4-3-5-9-16/h3-11,18,20H,1,12-13,19H2,2H3. The van der Waals surface area contributed by atoms with Crippen molar-refractivity contribution in [3.63, 3.8) is 0 Å². The number of nitrogens with one attached hydrogen (secondary N) is 1. The molecule has 0 saturated heterocycles. The molecule has 0 aliphatic carbocycles. The van der Waals surface area contributed by atoms with Crippen molar-refractivity contribution in [2.45, 2.75) is 13.0 Å². The summed E-state index contributed by atoms with van der Waals surface area (Å²) >= 11 is 0. The van der Waals surface area contributed by atoms with Gasteiger partial charge >= 0.3 is 0 Å². The maximum atomic E-state index is 5.86. The summed E-state index contributed by atoms with van der Waals surface area (Å²) in [6.45, 7) is 7.18. The largest absolute Gasteiger partial charge is 0.457 e. The van der Waals surface area contributed by atoms with Gasteiger partial charge < -0.3 is 15.8 Å². The Kier molecular flexibility index (Phi) is 5.55. The monoisotopic (exact) mass is 282 g/mol. The summed E-state index contributed by atoms with van der Waals surface area (Å²) in [5, 5.41) is 3.40. The van der Waals surface area contributed by atoms with E-state index in [1.54, 1.807) is 0 Å². The molecule has 0 spiro atoms. The van der Waals surface area contributed by atoms with Gasteiger partial charge in [-0.3, -0.25) is 0 Å². The Bertz CT molecular complexity index is 581. The van der Waals surface area contributed by atoms with Crippen LogP contribution in [-0.4, -0.2) is 13.1 Å². The number of para-hydroxylation sites is 1. The van der Waals surface area contributed by atoms with E-state index in [0.29, 0.717) is 6.54 Å². The highest BCUT2D eigenvalue weighted by Crippen LogP contribution is 2.24. The predicted octanol–water partition coefficient (Wildman–Crippen LogP) is 3.64. The van der Waals surface area contributed by atoms with Crippen LogP contribution in [0.25, 0.3) is 0 Å². The summed E-state index contributed by atoms with van der Waals surface area (Å²) in [5.41, 5.74) is 8.07. The Hall–Kier alpha value is -2.10. The maximum Gasteiger partial charge on any atom is 0.127 e. The van der Waals surface area contributed by atoms with Gasteiger partial charge in [0, 0.05) is 19.1 Å². The molecule has 110 valence electrons. The number of rotatable bonds is 7. The Balaban J connectivity index is 2.10. The van der Waals surface area contributed by atoms with Crippen LogP contribution in [0.15, 0.2) is 66.7 Å². The van der Waals surface area contributed by atoms with Gasteiger partial charge in [-0.1, -0.05) is 42.5 Å². The molecule has 0 bridgehead atoms. The zero-order chi connectivity index (χ0) is 15.1. The highest BCUT2D eigenvalue weighted by atomic mass is 16.5. The molecule has 0 aliphatic rings. The van der Waals surface area contributed by atoms with Crippen LogP contribution in [0.2, 0.25) is 0 Å². The van der Waals surface area contributed by atoms with Crippen LogP contribution >= 0.6 is 0 Å². The first kappa shape index (κ1) is 15.3. The van der Waals surface area contributed by atoms with Gasteiger partial charge in [0.25, 0.3) is 0 Å². The fourth-order valence-electron chi connectivity index (χ4n) is 2.05. The Morgan fingerprint density at radius 3 is 2.52 bits per heavy atom. The van der Waals surface area contributed by atoms with Crippen LogP contribution in [-0.2, 0) is 0 Å². The van der Waals surface area contributed by atoms with Crippen molar-refractivity contribution in [2.24, 2.45) is 5.73 Å². The van der Waals surface area contributed by atoms with Crippen LogP contribution in [0.5, 0.6) is 11.5 Å². The van der Waals surface area contributed by atoms with Gasteiger partial charge in [-0.2, -0.15) is 0 Å². The molecule has 3 N–H and O–H groups in total. The van der Waals surface area contributed by atoms with Crippen molar-refractivity contribution in [1.82, 2.24) is 5.32 Å². The van der Waals surface area contributed by atoms with E-state index in [9.17, 15) is 0 Å². The van der Waals surface area contributed by atoms with E-state index in [2.05, 4.69) is 18.0 Å². The van der Waals surface area contributed by atoms with Gasteiger partial charge in [0.15, 0.2) is 0 Å². The molecule has 0 heterocycles. The lowest BCUT2D eigenvalue weighted by Gasteiger charge is -2.18. The minimum Gasteiger partial charge on any atom is -0.457 e. The molecular weight excluding hydrogens is 260 g/mol. The third kappa shape index (κ3) is 4.74. The zero-order valence-electron chi connectivity index (χ0n) is 12.4. The molecule has 0 amide bonds. The molecule has 21 heavy (non-hydrogen) atoms. The van der Waals surface area contributed by atoms with E-state index in [4.69, 9.17) is 10.5 Å². The highest BCUT2D eigenvalue weighted by Gasteiger charge is 2.10. The SMILES string of the molecule is C=C(C)CNC(CN)c1cccc(Oc2ccccc2)c1. The molecule has 0 aromatic heterocycles. The van der Waals surface area contributed by atoms with Crippen molar-refractivity contribution < 1.29 is 4.74 Å². The molecule has 1 unspecified atom stereocenters. The smallest absolute Gasteiger partial charge is 0.127 e. The average Bonchev–Trinajstić information content (AvgIpc) is 2.49. The lowest BCUT2D eigenvalue weighted by Crippen LogP contribution is -2.29. The first-order valence-corrected chi connectivity index (χ1v) is 7.09. The second-order valence-corrected chi connectivity index (χ2v) is 5.11. The minimum absolute atomic E-state index is 0.0982. The van der Waals surface area contributed by atoms with Gasteiger partial charge in [-0.15, -0.1) is 0 Å². The summed E-state index contributed by atoms with van der Waals surface area (Å²) in [6.07, 6.45) is 0. The average molecular weight is 282 g/mol. The lowest BCUT2D eigenvalue weighted by atomic mass is 10.1. The van der Waals surface area contributed by atoms with E-state index in [1.165, 1.54) is 0 Å². The van der Waals surface area contributed by atoms with Crippen LogP contribution in [0, 0.1) is 0 Å². The number of hydrogen-bond acceptors (Lipinski definition) is 3. The molecule has 3 heteroatoms. The third-order valence-corrected chi connectivity index (χ3v) is 3.13. The van der Waals surface area contributed by atoms with E-state index < -0.39 is 0 Å².